The minimum Gasteiger partial charge on any atom is -0.497 e. The summed E-state index contributed by atoms with van der Waals surface area (Å²) in [6, 6.07) is 17.2. The number of nitrogens with one attached hydrogen (secondary N) is 1. The van der Waals surface area contributed by atoms with Gasteiger partial charge in [-0.2, -0.15) is 0 Å². The molecule has 0 radical (unpaired) electrons. The van der Waals surface area contributed by atoms with Gasteiger partial charge in [0.05, 0.1) is 13.2 Å². The summed E-state index contributed by atoms with van der Waals surface area (Å²) >= 11 is 0. The number of hydrogen-bond acceptors (Lipinski definition) is 3. The summed E-state index contributed by atoms with van der Waals surface area (Å²) < 4.78 is 11.0. The molecule has 4 heteroatoms. The standard InChI is InChI=1S/C20H25NO3/c1-4-18(15-9-7-6-8-10-15)21-20(22)19(5-2)24-17-13-11-16(23-3)12-14-17/h6-14,18-19H,4-5H2,1-3H3,(H,21,22)/t18-,19+/m0/s1. The molecule has 0 aromatic heterocycles. The van der Waals surface area contributed by atoms with Crippen molar-refractivity contribution in [3.8, 4) is 11.5 Å². The van der Waals surface area contributed by atoms with Crippen LogP contribution in [0.1, 0.15) is 38.3 Å². The summed E-state index contributed by atoms with van der Waals surface area (Å²) in [5, 5.41) is 3.09. The van der Waals surface area contributed by atoms with Crippen molar-refractivity contribution in [1.82, 2.24) is 5.32 Å². The van der Waals surface area contributed by atoms with Gasteiger partial charge in [-0.25, -0.2) is 0 Å². The fourth-order valence-electron chi connectivity index (χ4n) is 2.51. The lowest BCUT2D eigenvalue weighted by Crippen LogP contribution is -2.39. The number of ether oxygens (including phenoxy) is 2. The number of hydrogen-bond donors (Lipinski definition) is 1. The monoisotopic (exact) mass is 327 g/mol. The summed E-state index contributed by atoms with van der Waals surface area (Å²) in [5.74, 6) is 1.32. The summed E-state index contributed by atoms with van der Waals surface area (Å²) in [6.07, 6.45) is 0.911. The minimum atomic E-state index is -0.517. The number of carbonyl (C=O) groups is 1. The number of amides is 1. The van der Waals surface area contributed by atoms with E-state index in [2.05, 4.69) is 12.2 Å². The molecule has 1 amide bonds. The molecule has 0 bridgehead atoms. The maximum atomic E-state index is 12.6. The molecule has 2 atom stereocenters. The highest BCUT2D eigenvalue weighted by molar-refractivity contribution is 5.81. The molecule has 0 aliphatic rings. The summed E-state index contributed by atoms with van der Waals surface area (Å²) in [5.41, 5.74) is 1.10. The maximum Gasteiger partial charge on any atom is 0.261 e. The molecule has 4 nitrogen and oxygen atoms in total. The van der Waals surface area contributed by atoms with Gasteiger partial charge < -0.3 is 14.8 Å². The Morgan fingerprint density at radius 1 is 0.958 bits per heavy atom. The first-order valence-electron chi connectivity index (χ1n) is 8.34. The van der Waals surface area contributed by atoms with E-state index in [9.17, 15) is 4.79 Å². The largest absolute Gasteiger partial charge is 0.497 e. The third-order valence-electron chi connectivity index (χ3n) is 3.93. The van der Waals surface area contributed by atoms with Crippen LogP contribution in [-0.2, 0) is 4.79 Å². The summed E-state index contributed by atoms with van der Waals surface area (Å²) in [6.45, 7) is 4.00. The van der Waals surface area contributed by atoms with Crippen LogP contribution >= 0.6 is 0 Å². The van der Waals surface area contributed by atoms with Crippen LogP contribution in [0, 0.1) is 0 Å². The van der Waals surface area contributed by atoms with Gasteiger partial charge in [-0.3, -0.25) is 4.79 Å². The van der Waals surface area contributed by atoms with Crippen LogP contribution in [0.2, 0.25) is 0 Å². The van der Waals surface area contributed by atoms with Crippen LogP contribution in [0.4, 0.5) is 0 Å². The molecule has 0 fully saturated rings. The lowest BCUT2D eigenvalue weighted by molar-refractivity contribution is -0.128. The van der Waals surface area contributed by atoms with E-state index in [0.29, 0.717) is 12.2 Å². The highest BCUT2D eigenvalue weighted by Crippen LogP contribution is 2.20. The normalized spacial score (nSPS) is 13.0. The first kappa shape index (κ1) is 17.9. The average molecular weight is 327 g/mol. The maximum absolute atomic E-state index is 12.6. The molecular weight excluding hydrogens is 302 g/mol. The van der Waals surface area contributed by atoms with Crippen LogP contribution in [0.3, 0.4) is 0 Å². The molecule has 0 spiro atoms. The molecule has 1 N–H and O–H groups in total. The Labute approximate surface area is 143 Å². The predicted molar refractivity (Wildman–Crippen MR) is 95.3 cm³/mol. The van der Waals surface area contributed by atoms with Crippen molar-refractivity contribution in [3.05, 3.63) is 60.2 Å². The van der Waals surface area contributed by atoms with E-state index in [4.69, 9.17) is 9.47 Å². The molecule has 2 aromatic rings. The highest BCUT2D eigenvalue weighted by atomic mass is 16.5. The fraction of sp³-hybridized carbons (Fsp3) is 0.350. The van der Waals surface area contributed by atoms with Gasteiger partial charge in [-0.15, -0.1) is 0 Å². The van der Waals surface area contributed by atoms with Crippen molar-refractivity contribution in [1.29, 1.82) is 0 Å². The zero-order valence-corrected chi connectivity index (χ0v) is 14.5. The molecule has 128 valence electrons. The molecule has 2 aromatic carbocycles. The number of benzene rings is 2. The third kappa shape index (κ3) is 4.75. The molecule has 0 aliphatic carbocycles. The molecule has 0 saturated carbocycles. The smallest absolute Gasteiger partial charge is 0.261 e. The molecule has 0 aliphatic heterocycles. The van der Waals surface area contributed by atoms with Crippen LogP contribution in [0.15, 0.2) is 54.6 Å². The topological polar surface area (TPSA) is 47.6 Å². The van der Waals surface area contributed by atoms with E-state index < -0.39 is 6.10 Å². The van der Waals surface area contributed by atoms with Crippen molar-refractivity contribution in [2.24, 2.45) is 0 Å². The van der Waals surface area contributed by atoms with Gasteiger partial charge in [0, 0.05) is 0 Å². The van der Waals surface area contributed by atoms with E-state index in [-0.39, 0.29) is 11.9 Å². The van der Waals surface area contributed by atoms with Gasteiger partial charge in [0.1, 0.15) is 11.5 Å². The first-order chi connectivity index (χ1) is 11.7. The molecule has 2 rings (SSSR count). The van der Waals surface area contributed by atoms with Crippen molar-refractivity contribution < 1.29 is 14.3 Å². The van der Waals surface area contributed by atoms with Crippen molar-refractivity contribution in [2.75, 3.05) is 7.11 Å². The number of carbonyl (C=O) groups excluding carboxylic acids is 1. The minimum absolute atomic E-state index is 0.00721. The summed E-state index contributed by atoms with van der Waals surface area (Å²) in [7, 11) is 1.62. The number of rotatable bonds is 8. The quantitative estimate of drug-likeness (QED) is 0.793. The predicted octanol–water partition coefficient (Wildman–Crippen LogP) is 4.12. The highest BCUT2D eigenvalue weighted by Gasteiger charge is 2.21. The van der Waals surface area contributed by atoms with Gasteiger partial charge in [0.25, 0.3) is 5.91 Å². The number of methoxy groups -OCH3 is 1. The van der Waals surface area contributed by atoms with Crippen LogP contribution in [0.25, 0.3) is 0 Å². The van der Waals surface area contributed by atoms with Crippen LogP contribution in [-0.4, -0.2) is 19.1 Å². The zero-order valence-electron chi connectivity index (χ0n) is 14.5. The summed E-state index contributed by atoms with van der Waals surface area (Å²) in [4.78, 5) is 12.6. The zero-order chi connectivity index (χ0) is 17.4. The Hall–Kier alpha value is -2.49. The van der Waals surface area contributed by atoms with E-state index in [0.717, 1.165) is 17.7 Å². The molecule has 0 saturated heterocycles. The van der Waals surface area contributed by atoms with E-state index in [1.54, 1.807) is 7.11 Å². The Bertz CT molecular complexity index is 625. The van der Waals surface area contributed by atoms with Crippen LogP contribution in [0.5, 0.6) is 11.5 Å². The third-order valence-corrected chi connectivity index (χ3v) is 3.93. The molecular formula is C20H25NO3. The lowest BCUT2D eigenvalue weighted by Gasteiger charge is -2.22. The van der Waals surface area contributed by atoms with Gasteiger partial charge in [-0.1, -0.05) is 44.2 Å². The lowest BCUT2D eigenvalue weighted by atomic mass is 10.0. The Morgan fingerprint density at radius 3 is 2.12 bits per heavy atom. The second kappa shape index (κ2) is 8.96. The van der Waals surface area contributed by atoms with Crippen molar-refractivity contribution >= 4 is 5.91 Å². The molecule has 0 heterocycles. The van der Waals surface area contributed by atoms with E-state index in [1.807, 2.05) is 61.5 Å². The van der Waals surface area contributed by atoms with E-state index >= 15 is 0 Å². The average Bonchev–Trinajstić information content (AvgIpc) is 2.65. The van der Waals surface area contributed by atoms with Gasteiger partial charge >= 0.3 is 0 Å². The second-order valence-corrected chi connectivity index (χ2v) is 5.57. The van der Waals surface area contributed by atoms with Gasteiger partial charge in [0.15, 0.2) is 6.10 Å². The van der Waals surface area contributed by atoms with Crippen LogP contribution < -0.4 is 14.8 Å². The van der Waals surface area contributed by atoms with Gasteiger partial charge in [-0.05, 0) is 42.7 Å². The van der Waals surface area contributed by atoms with Crippen molar-refractivity contribution in [3.63, 3.8) is 0 Å². The first-order valence-corrected chi connectivity index (χ1v) is 8.34. The molecule has 0 unspecified atom stereocenters. The Morgan fingerprint density at radius 2 is 1.58 bits per heavy atom. The Balaban J connectivity index is 2.01. The van der Waals surface area contributed by atoms with Gasteiger partial charge in [0.2, 0.25) is 0 Å². The van der Waals surface area contributed by atoms with Crippen molar-refractivity contribution in [2.45, 2.75) is 38.8 Å². The van der Waals surface area contributed by atoms with E-state index in [1.165, 1.54) is 0 Å². The SMILES string of the molecule is CC[C@H](NC(=O)[C@@H](CC)Oc1ccc(OC)cc1)c1ccccc1. The Kier molecular flexibility index (Phi) is 6.67. The molecule has 24 heavy (non-hydrogen) atoms. The fourth-order valence-corrected chi connectivity index (χ4v) is 2.51. The second-order valence-electron chi connectivity index (χ2n) is 5.57.